The average molecular weight is 251 g/mol. The van der Waals surface area contributed by atoms with E-state index in [1.165, 1.54) is 0 Å². The third-order valence-corrected chi connectivity index (χ3v) is 4.28. The van der Waals surface area contributed by atoms with Crippen LogP contribution in [0, 0.1) is 0 Å². The molecule has 0 bridgehead atoms. The molecule has 0 radical (unpaired) electrons. The molecule has 70 valence electrons. The van der Waals surface area contributed by atoms with E-state index in [0.717, 1.165) is 23.5 Å². The maximum absolute atomic E-state index is 4.44. The van der Waals surface area contributed by atoms with E-state index in [4.69, 9.17) is 0 Å². The molecule has 2 atom stereocenters. The Bertz CT molecular complexity index is 172. The summed E-state index contributed by atoms with van der Waals surface area (Å²) in [4.78, 5) is 4.44. The van der Waals surface area contributed by atoms with Gasteiger partial charge in [0.15, 0.2) is 5.17 Å². The van der Waals surface area contributed by atoms with Gasteiger partial charge in [0.25, 0.3) is 0 Å². The summed E-state index contributed by atoms with van der Waals surface area (Å²) in [7, 11) is 0. The zero-order chi connectivity index (χ0) is 8.97. The highest BCUT2D eigenvalue weighted by Gasteiger charge is 2.26. The molecule has 4 heteroatoms. The second-order valence-electron chi connectivity index (χ2n) is 2.93. The highest BCUT2D eigenvalue weighted by Crippen LogP contribution is 2.24. The van der Waals surface area contributed by atoms with Crippen molar-refractivity contribution in [2.24, 2.45) is 4.99 Å². The van der Waals surface area contributed by atoms with Crippen LogP contribution in [-0.2, 0) is 0 Å². The van der Waals surface area contributed by atoms with Crippen LogP contribution >= 0.6 is 27.7 Å². The summed E-state index contributed by atoms with van der Waals surface area (Å²) >= 11 is 5.35. The van der Waals surface area contributed by atoms with E-state index in [1.807, 2.05) is 11.8 Å². The van der Waals surface area contributed by atoms with Gasteiger partial charge in [-0.15, -0.1) is 0 Å². The summed E-state index contributed by atoms with van der Waals surface area (Å²) in [6.07, 6.45) is 1.12. The smallest absolute Gasteiger partial charge is 0.157 e. The van der Waals surface area contributed by atoms with Crippen LogP contribution in [0.15, 0.2) is 4.99 Å². The van der Waals surface area contributed by atoms with Gasteiger partial charge >= 0.3 is 0 Å². The molecular weight excluding hydrogens is 236 g/mol. The first kappa shape index (κ1) is 10.4. The summed E-state index contributed by atoms with van der Waals surface area (Å²) in [5.41, 5.74) is 0. The lowest BCUT2D eigenvalue weighted by Crippen LogP contribution is -2.28. The van der Waals surface area contributed by atoms with Crippen molar-refractivity contribution in [1.82, 2.24) is 5.32 Å². The van der Waals surface area contributed by atoms with Crippen LogP contribution in [0.1, 0.15) is 20.3 Å². The number of nitrogens with zero attached hydrogens (tertiary/aromatic N) is 1. The summed E-state index contributed by atoms with van der Waals surface area (Å²) < 4.78 is 0. The molecule has 2 unspecified atom stereocenters. The average Bonchev–Trinajstić information content (AvgIpc) is 2.43. The molecule has 0 amide bonds. The van der Waals surface area contributed by atoms with Crippen molar-refractivity contribution in [2.45, 2.75) is 31.6 Å². The molecule has 1 heterocycles. The minimum atomic E-state index is 0.546. The maximum atomic E-state index is 4.44. The fraction of sp³-hybridized carbons (Fsp3) is 0.875. The van der Waals surface area contributed by atoms with Crippen LogP contribution < -0.4 is 5.32 Å². The highest BCUT2D eigenvalue weighted by atomic mass is 79.9. The van der Waals surface area contributed by atoms with Gasteiger partial charge < -0.3 is 5.32 Å². The van der Waals surface area contributed by atoms with Gasteiger partial charge in [0, 0.05) is 23.2 Å². The van der Waals surface area contributed by atoms with Gasteiger partial charge in [-0.25, -0.2) is 0 Å². The Morgan fingerprint density at radius 2 is 2.42 bits per heavy atom. The van der Waals surface area contributed by atoms with Crippen LogP contribution in [0.5, 0.6) is 0 Å². The molecule has 1 fully saturated rings. The molecule has 0 aromatic rings. The molecule has 1 N–H and O–H groups in total. The fourth-order valence-corrected chi connectivity index (χ4v) is 3.03. The van der Waals surface area contributed by atoms with E-state index < -0.39 is 0 Å². The highest BCUT2D eigenvalue weighted by molar-refractivity contribution is 9.09. The minimum absolute atomic E-state index is 0.546. The van der Waals surface area contributed by atoms with Crippen molar-refractivity contribution in [3.8, 4) is 0 Å². The SMILES string of the molecule is CCCN=C1NC(C)C(CBr)S1. The number of halogens is 1. The van der Waals surface area contributed by atoms with E-state index in [1.54, 1.807) is 0 Å². The van der Waals surface area contributed by atoms with Crippen LogP contribution in [0.3, 0.4) is 0 Å². The van der Waals surface area contributed by atoms with Gasteiger partial charge in [-0.05, 0) is 13.3 Å². The number of nitrogens with one attached hydrogen (secondary N) is 1. The zero-order valence-corrected chi connectivity index (χ0v) is 9.91. The Morgan fingerprint density at radius 3 is 2.92 bits per heavy atom. The van der Waals surface area contributed by atoms with Crippen LogP contribution in [0.25, 0.3) is 0 Å². The molecule has 0 spiro atoms. The number of alkyl halides is 1. The van der Waals surface area contributed by atoms with Crippen molar-refractivity contribution in [2.75, 3.05) is 11.9 Å². The lowest BCUT2D eigenvalue weighted by molar-refractivity contribution is 0.684. The van der Waals surface area contributed by atoms with Gasteiger partial charge in [-0.2, -0.15) is 0 Å². The molecule has 0 saturated carbocycles. The Kier molecular flexibility index (Phi) is 4.43. The normalized spacial score (nSPS) is 32.4. The first-order valence-electron chi connectivity index (χ1n) is 4.31. The summed E-state index contributed by atoms with van der Waals surface area (Å²) in [6.45, 7) is 5.29. The molecule has 0 aliphatic carbocycles. The van der Waals surface area contributed by atoms with Gasteiger partial charge in [0.1, 0.15) is 0 Å². The predicted octanol–water partition coefficient (Wildman–Crippen LogP) is 2.24. The summed E-state index contributed by atoms with van der Waals surface area (Å²) in [6, 6.07) is 0.546. The van der Waals surface area contributed by atoms with E-state index in [-0.39, 0.29) is 0 Å². The van der Waals surface area contributed by atoms with Crippen LogP contribution in [0.2, 0.25) is 0 Å². The van der Waals surface area contributed by atoms with Crippen molar-refractivity contribution >= 4 is 32.9 Å². The van der Waals surface area contributed by atoms with Crippen molar-refractivity contribution < 1.29 is 0 Å². The van der Waals surface area contributed by atoms with Crippen LogP contribution in [0.4, 0.5) is 0 Å². The second-order valence-corrected chi connectivity index (χ2v) is 4.81. The van der Waals surface area contributed by atoms with Crippen molar-refractivity contribution in [3.63, 3.8) is 0 Å². The molecule has 1 rings (SSSR count). The van der Waals surface area contributed by atoms with Gasteiger partial charge in [-0.3, -0.25) is 4.99 Å². The number of hydrogen-bond acceptors (Lipinski definition) is 2. The number of aliphatic imine (C=N–C) groups is 1. The Labute approximate surface area is 86.7 Å². The molecule has 2 nitrogen and oxygen atoms in total. The zero-order valence-electron chi connectivity index (χ0n) is 7.51. The third kappa shape index (κ3) is 2.66. The molecule has 1 aliphatic rings. The maximum Gasteiger partial charge on any atom is 0.157 e. The lowest BCUT2D eigenvalue weighted by Gasteiger charge is -2.07. The topological polar surface area (TPSA) is 24.4 Å². The predicted molar refractivity (Wildman–Crippen MR) is 60.4 cm³/mol. The first-order chi connectivity index (χ1) is 5.77. The molecule has 0 aromatic carbocycles. The van der Waals surface area contributed by atoms with Crippen molar-refractivity contribution in [1.29, 1.82) is 0 Å². The van der Waals surface area contributed by atoms with E-state index in [2.05, 4.69) is 40.1 Å². The molecule has 12 heavy (non-hydrogen) atoms. The summed E-state index contributed by atoms with van der Waals surface area (Å²) in [5.74, 6) is 0. The largest absolute Gasteiger partial charge is 0.361 e. The first-order valence-corrected chi connectivity index (χ1v) is 6.31. The molecular formula is C8H15BrN2S. The van der Waals surface area contributed by atoms with Gasteiger partial charge in [0.2, 0.25) is 0 Å². The van der Waals surface area contributed by atoms with E-state index >= 15 is 0 Å². The minimum Gasteiger partial charge on any atom is -0.361 e. The number of rotatable bonds is 3. The number of hydrogen-bond donors (Lipinski definition) is 1. The van der Waals surface area contributed by atoms with Crippen molar-refractivity contribution in [3.05, 3.63) is 0 Å². The van der Waals surface area contributed by atoms with E-state index in [0.29, 0.717) is 11.3 Å². The van der Waals surface area contributed by atoms with Gasteiger partial charge in [0.05, 0.1) is 0 Å². The van der Waals surface area contributed by atoms with E-state index in [9.17, 15) is 0 Å². The quantitative estimate of drug-likeness (QED) is 0.778. The Morgan fingerprint density at radius 1 is 1.67 bits per heavy atom. The molecule has 1 aliphatic heterocycles. The third-order valence-electron chi connectivity index (χ3n) is 1.80. The standard InChI is InChI=1S/C8H15BrN2S/c1-3-4-10-8-11-6(2)7(5-9)12-8/h6-7H,3-5H2,1-2H3,(H,10,11). The van der Waals surface area contributed by atoms with Crippen LogP contribution in [-0.4, -0.2) is 28.3 Å². The Balaban J connectivity index is 2.42. The number of thioether (sulfide) groups is 1. The monoisotopic (exact) mass is 250 g/mol. The summed E-state index contributed by atoms with van der Waals surface area (Å²) in [5, 5.41) is 6.17. The number of amidine groups is 1. The van der Waals surface area contributed by atoms with Gasteiger partial charge in [-0.1, -0.05) is 34.6 Å². The fourth-order valence-electron chi connectivity index (χ4n) is 1.03. The molecule has 0 aromatic heterocycles. The second kappa shape index (κ2) is 5.12. The lowest BCUT2D eigenvalue weighted by atomic mass is 10.3. The Hall–Kier alpha value is 0.300. The molecule has 1 saturated heterocycles.